The van der Waals surface area contributed by atoms with Gasteiger partial charge in [0.15, 0.2) is 11.4 Å². The highest BCUT2D eigenvalue weighted by atomic mass is 16.3. The first-order valence-electron chi connectivity index (χ1n) is 10.4. The number of carbonyl (C=O) groups excluding carboxylic acids is 1. The Morgan fingerprint density at radius 2 is 1.42 bits per heavy atom. The molecule has 6 heteroatoms. The third kappa shape index (κ3) is 3.48. The molecule has 2 aromatic carbocycles. The van der Waals surface area contributed by atoms with Gasteiger partial charge >= 0.3 is 0 Å². The monoisotopic (exact) mass is 417 g/mol. The number of hydrogen-bond donors (Lipinski definition) is 1. The van der Waals surface area contributed by atoms with Crippen molar-refractivity contribution in [1.82, 2.24) is 9.58 Å². The van der Waals surface area contributed by atoms with Crippen molar-refractivity contribution >= 4 is 5.91 Å². The van der Waals surface area contributed by atoms with Crippen LogP contribution in [0.15, 0.2) is 65.6 Å². The molecule has 1 aliphatic rings. The number of benzene rings is 2. The Kier molecular flexibility index (Phi) is 5.31. The lowest BCUT2D eigenvalue weighted by molar-refractivity contribution is 0.0621. The molecule has 0 bridgehead atoms. The minimum atomic E-state index is -0.562. The topological polar surface area (TPSA) is 65.8 Å². The smallest absolute Gasteiger partial charge is 0.278 e. The van der Waals surface area contributed by atoms with Crippen LogP contribution in [-0.4, -0.2) is 33.3 Å². The molecule has 1 aromatic heterocycles. The zero-order chi connectivity index (χ0) is 22.3. The Hall–Kier alpha value is -3.54. The molecule has 0 unspecified atom stereocenters. The van der Waals surface area contributed by atoms with Crippen molar-refractivity contribution < 1.29 is 9.90 Å². The highest BCUT2D eigenvalue weighted by molar-refractivity contribution is 5.96. The van der Waals surface area contributed by atoms with Crippen LogP contribution >= 0.6 is 0 Å². The lowest BCUT2D eigenvalue weighted by Gasteiger charge is -2.45. The van der Waals surface area contributed by atoms with Crippen LogP contribution in [0.5, 0.6) is 5.75 Å². The number of aryl methyl sites for hydroxylation is 2. The summed E-state index contributed by atoms with van der Waals surface area (Å²) in [6, 6.07) is 17.3. The van der Waals surface area contributed by atoms with Gasteiger partial charge in [0.05, 0.1) is 6.04 Å². The van der Waals surface area contributed by atoms with Crippen LogP contribution < -0.4 is 10.4 Å². The molecular weight excluding hydrogens is 390 g/mol. The van der Waals surface area contributed by atoms with Gasteiger partial charge in [-0.15, -0.1) is 0 Å². The van der Waals surface area contributed by atoms with Crippen LogP contribution in [0.3, 0.4) is 0 Å². The van der Waals surface area contributed by atoms with E-state index in [1.807, 2.05) is 43.1 Å². The number of amides is 1. The van der Waals surface area contributed by atoms with Crippen molar-refractivity contribution in [2.75, 3.05) is 11.7 Å². The molecule has 0 atom stereocenters. The summed E-state index contributed by atoms with van der Waals surface area (Å²) in [5.74, 6) is -0.870. The summed E-state index contributed by atoms with van der Waals surface area (Å²) in [7, 11) is 0. The van der Waals surface area contributed by atoms with Gasteiger partial charge in [0, 0.05) is 18.3 Å². The van der Waals surface area contributed by atoms with Crippen LogP contribution in [0, 0.1) is 13.8 Å². The average Bonchev–Trinajstić information content (AvgIpc) is 2.74. The largest absolute Gasteiger partial charge is 0.502 e. The van der Waals surface area contributed by atoms with Gasteiger partial charge < -0.3 is 10.0 Å². The average molecular weight is 418 g/mol. The molecule has 31 heavy (non-hydrogen) atoms. The SMILES string of the molecule is Cc1ccccc1C(c1ccccc1C)N1CN(C(C)C)C(=O)c2c(O)c(=O)ccn21. The van der Waals surface area contributed by atoms with Gasteiger partial charge in [-0.2, -0.15) is 0 Å². The van der Waals surface area contributed by atoms with Crippen LogP contribution in [0.4, 0.5) is 0 Å². The summed E-state index contributed by atoms with van der Waals surface area (Å²) >= 11 is 0. The van der Waals surface area contributed by atoms with Gasteiger partial charge in [0.2, 0.25) is 5.43 Å². The predicted octanol–water partition coefficient (Wildman–Crippen LogP) is 3.72. The molecule has 1 N–H and O–H groups in total. The van der Waals surface area contributed by atoms with E-state index < -0.39 is 11.2 Å². The first-order valence-corrected chi connectivity index (χ1v) is 10.4. The standard InChI is InChI=1S/C25H27N3O3/c1-16(2)26-15-28(27-14-13-21(29)24(30)23(27)25(26)31)22(19-11-7-5-9-17(19)3)20-12-8-6-10-18(20)4/h5-14,16,22,30H,15H2,1-4H3. The van der Waals surface area contributed by atoms with Gasteiger partial charge in [-0.05, 0) is 49.9 Å². The second-order valence-electron chi connectivity index (χ2n) is 8.29. The number of aromatic hydroxyl groups is 1. The zero-order valence-corrected chi connectivity index (χ0v) is 18.2. The summed E-state index contributed by atoms with van der Waals surface area (Å²) in [6.45, 7) is 8.32. The van der Waals surface area contributed by atoms with E-state index in [-0.39, 0.29) is 23.7 Å². The molecule has 0 radical (unpaired) electrons. The van der Waals surface area contributed by atoms with E-state index >= 15 is 0 Å². The Bertz CT molecular complexity index is 1150. The summed E-state index contributed by atoms with van der Waals surface area (Å²) in [6.07, 6.45) is 1.58. The van der Waals surface area contributed by atoms with Gasteiger partial charge in [-0.1, -0.05) is 48.5 Å². The normalized spacial score (nSPS) is 13.8. The van der Waals surface area contributed by atoms with E-state index in [1.165, 1.54) is 6.07 Å². The number of nitrogens with zero attached hydrogens (tertiary/aromatic N) is 3. The van der Waals surface area contributed by atoms with Crippen LogP contribution in [-0.2, 0) is 0 Å². The Labute approximate surface area is 181 Å². The zero-order valence-electron chi connectivity index (χ0n) is 18.2. The minimum Gasteiger partial charge on any atom is -0.502 e. The van der Waals surface area contributed by atoms with E-state index in [1.54, 1.807) is 15.8 Å². The first kappa shape index (κ1) is 20.7. The lowest BCUT2D eigenvalue weighted by Crippen LogP contribution is -2.57. The minimum absolute atomic E-state index is 0.000353. The Balaban J connectivity index is 2.01. The third-order valence-electron chi connectivity index (χ3n) is 5.98. The number of rotatable bonds is 4. The summed E-state index contributed by atoms with van der Waals surface area (Å²) in [5.41, 5.74) is 3.87. The van der Waals surface area contributed by atoms with Crippen LogP contribution in [0.2, 0.25) is 0 Å². The Morgan fingerprint density at radius 1 is 0.871 bits per heavy atom. The summed E-state index contributed by atoms with van der Waals surface area (Å²) in [5, 5.41) is 12.6. The number of aromatic nitrogens is 1. The quantitative estimate of drug-likeness (QED) is 0.703. The fraction of sp³-hybridized carbons (Fsp3) is 0.280. The van der Waals surface area contributed by atoms with Crippen molar-refractivity contribution in [2.45, 2.75) is 39.8 Å². The molecule has 1 amide bonds. The van der Waals surface area contributed by atoms with E-state index in [2.05, 4.69) is 38.1 Å². The number of hydrogen-bond acceptors (Lipinski definition) is 4. The molecule has 1 aliphatic heterocycles. The highest BCUT2D eigenvalue weighted by Gasteiger charge is 2.38. The maximum Gasteiger partial charge on any atom is 0.278 e. The highest BCUT2D eigenvalue weighted by Crippen LogP contribution is 2.35. The van der Waals surface area contributed by atoms with Gasteiger partial charge in [0.25, 0.3) is 5.91 Å². The second-order valence-corrected chi connectivity index (χ2v) is 8.29. The van der Waals surface area contributed by atoms with Gasteiger partial charge in [0.1, 0.15) is 6.67 Å². The molecule has 0 fully saturated rings. The molecule has 0 saturated carbocycles. The van der Waals surface area contributed by atoms with Crippen molar-refractivity contribution in [2.24, 2.45) is 0 Å². The molecule has 0 saturated heterocycles. The fourth-order valence-corrected chi connectivity index (χ4v) is 4.23. The second kappa shape index (κ2) is 7.95. The van der Waals surface area contributed by atoms with Gasteiger partial charge in [-0.3, -0.25) is 19.3 Å². The predicted molar refractivity (Wildman–Crippen MR) is 121 cm³/mol. The molecule has 4 rings (SSSR count). The van der Waals surface area contributed by atoms with Crippen LogP contribution in [0.25, 0.3) is 0 Å². The Morgan fingerprint density at radius 3 is 1.94 bits per heavy atom. The summed E-state index contributed by atoms with van der Waals surface area (Å²) < 4.78 is 1.64. The van der Waals surface area contributed by atoms with E-state index in [4.69, 9.17) is 0 Å². The van der Waals surface area contributed by atoms with Gasteiger partial charge in [-0.25, -0.2) is 0 Å². The maximum absolute atomic E-state index is 13.2. The first-order chi connectivity index (χ1) is 14.8. The third-order valence-corrected chi connectivity index (χ3v) is 5.98. The van der Waals surface area contributed by atoms with Crippen LogP contribution in [0.1, 0.15) is 52.6 Å². The molecule has 0 spiro atoms. The van der Waals surface area contributed by atoms with Crippen molar-refractivity contribution in [3.63, 3.8) is 0 Å². The van der Waals surface area contributed by atoms with Crippen molar-refractivity contribution in [3.05, 3.63) is 99.0 Å². The molecule has 160 valence electrons. The molecule has 3 aromatic rings. The number of carbonyl (C=O) groups is 1. The van der Waals surface area contributed by atoms with Crippen molar-refractivity contribution in [1.29, 1.82) is 0 Å². The number of pyridine rings is 1. The fourth-order valence-electron chi connectivity index (χ4n) is 4.23. The van der Waals surface area contributed by atoms with E-state index in [9.17, 15) is 14.7 Å². The van der Waals surface area contributed by atoms with E-state index in [0.29, 0.717) is 6.67 Å². The molecule has 2 heterocycles. The van der Waals surface area contributed by atoms with E-state index in [0.717, 1.165) is 22.3 Å². The lowest BCUT2D eigenvalue weighted by atomic mass is 9.91. The number of fused-ring (bicyclic) bond motifs is 1. The summed E-state index contributed by atoms with van der Waals surface area (Å²) in [4.78, 5) is 27.0. The molecular formula is C25H27N3O3. The maximum atomic E-state index is 13.2. The molecule has 0 aliphatic carbocycles. The molecule has 6 nitrogen and oxygen atoms in total. The van der Waals surface area contributed by atoms with Crippen molar-refractivity contribution in [3.8, 4) is 5.75 Å².